The molecule has 1 atom stereocenters. The number of nitrogen functional groups attached to an aromatic ring is 1. The number of allylic oxidation sites excluding steroid dienone is 1. The van der Waals surface area contributed by atoms with Crippen LogP contribution in [0.15, 0.2) is 11.6 Å². The molecule has 2 aromatic heterocycles. The topological polar surface area (TPSA) is 90.9 Å². The van der Waals surface area contributed by atoms with E-state index in [1.807, 2.05) is 18.4 Å². The molecule has 0 amide bonds. The number of halogens is 1. The summed E-state index contributed by atoms with van der Waals surface area (Å²) in [5, 5.41) is 3.38. The van der Waals surface area contributed by atoms with Gasteiger partial charge in [-0.3, -0.25) is 4.57 Å². The lowest BCUT2D eigenvalue weighted by atomic mass is 10.2. The highest BCUT2D eigenvalue weighted by Crippen LogP contribution is 2.31. The van der Waals surface area contributed by atoms with Crippen LogP contribution in [0.4, 0.5) is 11.8 Å². The molecule has 0 aromatic carbocycles. The smallest absolute Gasteiger partial charge is 0.226 e. The van der Waals surface area contributed by atoms with Crippen molar-refractivity contribution in [2.75, 3.05) is 24.2 Å². The van der Waals surface area contributed by atoms with Gasteiger partial charge in [0, 0.05) is 13.2 Å². The molecule has 1 saturated heterocycles. The molecule has 23 heavy (non-hydrogen) atoms. The molecule has 7 nitrogen and oxygen atoms in total. The van der Waals surface area contributed by atoms with Gasteiger partial charge in [-0.15, -0.1) is 0 Å². The highest BCUT2D eigenvalue weighted by Gasteiger charge is 2.24. The van der Waals surface area contributed by atoms with E-state index in [2.05, 4.69) is 26.3 Å². The molecule has 0 saturated carbocycles. The van der Waals surface area contributed by atoms with Crippen molar-refractivity contribution in [3.05, 3.63) is 16.9 Å². The van der Waals surface area contributed by atoms with Gasteiger partial charge in [-0.2, -0.15) is 9.97 Å². The molecule has 1 unspecified atom stereocenters. The molecule has 3 rings (SSSR count). The largest absolute Gasteiger partial charge is 0.369 e. The zero-order chi connectivity index (χ0) is 16.4. The molecule has 0 radical (unpaired) electrons. The summed E-state index contributed by atoms with van der Waals surface area (Å²) in [6.45, 7) is 5.43. The SMILES string of the molecule is CC(C)=CCNc1nc(Cl)nc2c1nc(N)n2C1CCCCO1. The number of hydrogen-bond acceptors (Lipinski definition) is 6. The van der Waals surface area contributed by atoms with E-state index in [0.29, 0.717) is 36.1 Å². The molecule has 1 fully saturated rings. The summed E-state index contributed by atoms with van der Waals surface area (Å²) < 4.78 is 7.63. The highest BCUT2D eigenvalue weighted by atomic mass is 35.5. The molecule has 124 valence electrons. The van der Waals surface area contributed by atoms with Crippen LogP contribution in [-0.2, 0) is 4.74 Å². The summed E-state index contributed by atoms with van der Waals surface area (Å²) >= 11 is 6.09. The summed E-state index contributed by atoms with van der Waals surface area (Å²) in [5.41, 5.74) is 8.54. The van der Waals surface area contributed by atoms with Gasteiger partial charge in [-0.25, -0.2) is 4.98 Å². The first kappa shape index (κ1) is 16.0. The van der Waals surface area contributed by atoms with Crippen LogP contribution >= 0.6 is 11.6 Å². The Morgan fingerprint density at radius 2 is 2.22 bits per heavy atom. The quantitative estimate of drug-likeness (QED) is 0.658. The van der Waals surface area contributed by atoms with E-state index in [1.165, 1.54) is 5.57 Å². The molecular weight excluding hydrogens is 316 g/mol. The zero-order valence-corrected chi connectivity index (χ0v) is 14.1. The number of nitrogens with two attached hydrogens (primary N) is 1. The number of rotatable bonds is 4. The maximum Gasteiger partial charge on any atom is 0.226 e. The van der Waals surface area contributed by atoms with Gasteiger partial charge in [0.15, 0.2) is 17.0 Å². The maximum atomic E-state index is 6.10. The van der Waals surface area contributed by atoms with Gasteiger partial charge >= 0.3 is 0 Å². The second-order valence-corrected chi connectivity index (χ2v) is 6.18. The molecule has 0 spiro atoms. The number of nitrogens with one attached hydrogen (secondary N) is 1. The normalized spacial score (nSPS) is 18.1. The van der Waals surface area contributed by atoms with Crippen LogP contribution in [0.5, 0.6) is 0 Å². The van der Waals surface area contributed by atoms with Gasteiger partial charge in [0.05, 0.1) is 0 Å². The molecule has 0 bridgehead atoms. The molecule has 3 N–H and O–H groups in total. The molecule has 2 aromatic rings. The lowest BCUT2D eigenvalue weighted by molar-refractivity contribution is -0.0284. The fourth-order valence-corrected chi connectivity index (χ4v) is 2.82. The average molecular weight is 337 g/mol. The van der Waals surface area contributed by atoms with Crippen LogP contribution in [0, 0.1) is 0 Å². The molecule has 0 aliphatic carbocycles. The van der Waals surface area contributed by atoms with E-state index >= 15 is 0 Å². The minimum atomic E-state index is -0.148. The first-order valence-corrected chi connectivity index (χ1v) is 8.14. The number of aromatic nitrogens is 4. The Morgan fingerprint density at radius 3 is 2.91 bits per heavy atom. The second-order valence-electron chi connectivity index (χ2n) is 5.84. The van der Waals surface area contributed by atoms with Gasteiger partial charge in [0.25, 0.3) is 0 Å². The minimum absolute atomic E-state index is 0.148. The molecular formula is C15H21ClN6O. The fourth-order valence-electron chi connectivity index (χ4n) is 2.65. The third-order valence-electron chi connectivity index (χ3n) is 3.76. The maximum absolute atomic E-state index is 6.10. The molecule has 8 heteroatoms. The van der Waals surface area contributed by atoms with Crippen molar-refractivity contribution in [3.63, 3.8) is 0 Å². The van der Waals surface area contributed by atoms with Crippen molar-refractivity contribution in [2.24, 2.45) is 0 Å². The third-order valence-corrected chi connectivity index (χ3v) is 3.93. The number of nitrogens with zero attached hydrogens (tertiary/aromatic N) is 4. The van der Waals surface area contributed by atoms with Crippen LogP contribution in [0.3, 0.4) is 0 Å². The van der Waals surface area contributed by atoms with Crippen molar-refractivity contribution in [1.29, 1.82) is 0 Å². The number of fused-ring (bicyclic) bond motifs is 1. The van der Waals surface area contributed by atoms with Crippen molar-refractivity contribution >= 4 is 34.5 Å². The summed E-state index contributed by atoms with van der Waals surface area (Å²) in [7, 11) is 0. The second kappa shape index (κ2) is 6.72. The Labute approximate surface area is 139 Å². The van der Waals surface area contributed by atoms with Crippen LogP contribution in [0.1, 0.15) is 39.3 Å². The Hall–Kier alpha value is -1.86. The van der Waals surface area contributed by atoms with Crippen molar-refractivity contribution in [2.45, 2.75) is 39.3 Å². The van der Waals surface area contributed by atoms with Gasteiger partial charge in [-0.1, -0.05) is 11.6 Å². The van der Waals surface area contributed by atoms with E-state index in [9.17, 15) is 0 Å². The van der Waals surface area contributed by atoms with Crippen molar-refractivity contribution in [3.8, 4) is 0 Å². The average Bonchev–Trinajstić information content (AvgIpc) is 2.84. The van der Waals surface area contributed by atoms with Crippen LogP contribution in [0.25, 0.3) is 11.2 Å². The lowest BCUT2D eigenvalue weighted by Crippen LogP contribution is -2.20. The minimum Gasteiger partial charge on any atom is -0.369 e. The molecule has 3 heterocycles. The van der Waals surface area contributed by atoms with Crippen molar-refractivity contribution in [1.82, 2.24) is 19.5 Å². The molecule has 1 aliphatic rings. The van der Waals surface area contributed by atoms with Crippen LogP contribution in [-0.4, -0.2) is 32.7 Å². The Balaban J connectivity index is 2.01. The number of anilines is 2. The monoisotopic (exact) mass is 336 g/mol. The van der Waals surface area contributed by atoms with Gasteiger partial charge in [-0.05, 0) is 44.7 Å². The summed E-state index contributed by atoms with van der Waals surface area (Å²) in [5.74, 6) is 0.951. The lowest BCUT2D eigenvalue weighted by Gasteiger charge is -2.24. The van der Waals surface area contributed by atoms with E-state index < -0.39 is 0 Å². The van der Waals surface area contributed by atoms with Gasteiger partial charge < -0.3 is 15.8 Å². The van der Waals surface area contributed by atoms with Gasteiger partial charge in [0.1, 0.15) is 6.23 Å². The van der Waals surface area contributed by atoms with Gasteiger partial charge in [0.2, 0.25) is 11.2 Å². The first-order chi connectivity index (χ1) is 11.1. The van der Waals surface area contributed by atoms with E-state index in [0.717, 1.165) is 19.3 Å². The number of ether oxygens (including phenoxy) is 1. The van der Waals surface area contributed by atoms with Crippen LogP contribution in [0.2, 0.25) is 5.28 Å². The Morgan fingerprint density at radius 1 is 1.39 bits per heavy atom. The van der Waals surface area contributed by atoms with E-state index in [-0.39, 0.29) is 11.5 Å². The van der Waals surface area contributed by atoms with Crippen LogP contribution < -0.4 is 11.1 Å². The Kier molecular flexibility index (Phi) is 4.68. The summed E-state index contributed by atoms with van der Waals surface area (Å²) in [4.78, 5) is 13.0. The number of imidazole rings is 1. The van der Waals surface area contributed by atoms with E-state index in [1.54, 1.807) is 0 Å². The number of hydrogen-bond donors (Lipinski definition) is 2. The standard InChI is InChI=1S/C15H21ClN6O/c1-9(2)6-7-18-12-11-13(21-14(16)20-12)22(15(17)19-11)10-5-3-4-8-23-10/h6,10H,3-5,7-8H2,1-2H3,(H2,17,19)(H,18,20,21). The Bertz CT molecular complexity index is 731. The zero-order valence-electron chi connectivity index (χ0n) is 13.3. The summed E-state index contributed by atoms with van der Waals surface area (Å²) in [6.07, 6.45) is 4.96. The van der Waals surface area contributed by atoms with Crippen molar-refractivity contribution < 1.29 is 4.74 Å². The summed E-state index contributed by atoms with van der Waals surface area (Å²) in [6, 6.07) is 0. The first-order valence-electron chi connectivity index (χ1n) is 7.76. The predicted octanol–water partition coefficient (Wildman–Crippen LogP) is 3.14. The fraction of sp³-hybridized carbons (Fsp3) is 0.533. The molecule has 1 aliphatic heterocycles. The highest BCUT2D eigenvalue weighted by molar-refractivity contribution is 6.28. The predicted molar refractivity (Wildman–Crippen MR) is 91.5 cm³/mol. The van der Waals surface area contributed by atoms with E-state index in [4.69, 9.17) is 22.1 Å². The third kappa shape index (κ3) is 3.40.